The zero-order valence-electron chi connectivity index (χ0n) is 14.4. The van der Waals surface area contributed by atoms with E-state index in [1.807, 2.05) is 19.1 Å². The smallest absolute Gasteiger partial charge is 0.229 e. The van der Waals surface area contributed by atoms with Gasteiger partial charge in [-0.05, 0) is 43.3 Å². The standard InChI is InChI=1S/C17H18N2O4S3/c1-11-17(24-13-5-4-6-14(10-13)25(2,20)21)15-9-12(19-26(3,22)23)7-8-16(15)18-11/h4-10,18-19H,1-3H3. The topological polar surface area (TPSA) is 96.1 Å². The molecule has 2 aromatic carbocycles. The van der Waals surface area contributed by atoms with E-state index in [4.69, 9.17) is 0 Å². The lowest BCUT2D eigenvalue weighted by atomic mass is 10.2. The number of fused-ring (bicyclic) bond motifs is 1. The zero-order valence-corrected chi connectivity index (χ0v) is 16.8. The Hall–Kier alpha value is -1.97. The summed E-state index contributed by atoms with van der Waals surface area (Å²) in [5, 5.41) is 0.867. The summed E-state index contributed by atoms with van der Waals surface area (Å²) in [6, 6.07) is 12.0. The molecule has 9 heteroatoms. The summed E-state index contributed by atoms with van der Waals surface area (Å²) in [5.74, 6) is 0. The predicted molar refractivity (Wildman–Crippen MR) is 105 cm³/mol. The van der Waals surface area contributed by atoms with Gasteiger partial charge in [-0.2, -0.15) is 0 Å². The Morgan fingerprint density at radius 3 is 2.38 bits per heavy atom. The molecular formula is C17H18N2O4S3. The van der Waals surface area contributed by atoms with Gasteiger partial charge in [0.15, 0.2) is 9.84 Å². The molecule has 1 aromatic heterocycles. The monoisotopic (exact) mass is 410 g/mol. The molecule has 0 aliphatic carbocycles. The molecule has 0 spiro atoms. The molecule has 138 valence electrons. The molecule has 0 radical (unpaired) electrons. The second-order valence-electron chi connectivity index (χ2n) is 6.06. The van der Waals surface area contributed by atoms with E-state index in [1.165, 1.54) is 18.0 Å². The van der Waals surface area contributed by atoms with Crippen LogP contribution in [0.3, 0.4) is 0 Å². The molecule has 0 fully saturated rings. The molecule has 0 saturated heterocycles. The van der Waals surface area contributed by atoms with Crippen LogP contribution in [0.4, 0.5) is 5.69 Å². The summed E-state index contributed by atoms with van der Waals surface area (Å²) in [7, 11) is -6.65. The van der Waals surface area contributed by atoms with Crippen molar-refractivity contribution in [2.45, 2.75) is 21.6 Å². The number of sulfone groups is 1. The number of benzene rings is 2. The third kappa shape index (κ3) is 4.22. The Labute approximate surface area is 157 Å². The van der Waals surface area contributed by atoms with Gasteiger partial charge in [-0.15, -0.1) is 0 Å². The highest BCUT2D eigenvalue weighted by atomic mass is 32.2. The van der Waals surface area contributed by atoms with Crippen molar-refractivity contribution in [3.8, 4) is 0 Å². The maximum Gasteiger partial charge on any atom is 0.229 e. The summed E-state index contributed by atoms with van der Waals surface area (Å²) >= 11 is 1.43. The molecule has 3 rings (SSSR count). The van der Waals surface area contributed by atoms with Crippen LogP contribution in [0.2, 0.25) is 0 Å². The van der Waals surface area contributed by atoms with Gasteiger partial charge < -0.3 is 4.98 Å². The van der Waals surface area contributed by atoms with E-state index in [2.05, 4.69) is 9.71 Å². The largest absolute Gasteiger partial charge is 0.358 e. The van der Waals surface area contributed by atoms with E-state index in [0.717, 1.165) is 32.6 Å². The fourth-order valence-electron chi connectivity index (χ4n) is 2.60. The van der Waals surface area contributed by atoms with Crippen molar-refractivity contribution in [1.82, 2.24) is 4.98 Å². The molecule has 0 bridgehead atoms. The first-order chi connectivity index (χ1) is 12.0. The first kappa shape index (κ1) is 18.8. The summed E-state index contributed by atoms with van der Waals surface area (Å²) in [6.45, 7) is 1.92. The van der Waals surface area contributed by atoms with Gasteiger partial charge in [-0.1, -0.05) is 17.8 Å². The zero-order chi connectivity index (χ0) is 19.1. The third-order valence-corrected chi connectivity index (χ3v) is 6.62. The lowest BCUT2D eigenvalue weighted by Crippen LogP contribution is -2.09. The van der Waals surface area contributed by atoms with Crippen LogP contribution in [-0.4, -0.2) is 34.3 Å². The fraction of sp³-hybridized carbons (Fsp3) is 0.176. The first-order valence-corrected chi connectivity index (χ1v) is 12.2. The Balaban J connectivity index is 2.05. The minimum absolute atomic E-state index is 0.263. The summed E-state index contributed by atoms with van der Waals surface area (Å²) in [4.78, 5) is 5.24. The average Bonchev–Trinajstić information content (AvgIpc) is 2.81. The van der Waals surface area contributed by atoms with Crippen molar-refractivity contribution in [1.29, 1.82) is 0 Å². The highest BCUT2D eigenvalue weighted by Crippen LogP contribution is 2.38. The molecule has 26 heavy (non-hydrogen) atoms. The molecule has 0 aliphatic heterocycles. The predicted octanol–water partition coefficient (Wildman–Crippen LogP) is 3.40. The lowest BCUT2D eigenvalue weighted by molar-refractivity contribution is 0.601. The van der Waals surface area contributed by atoms with Gasteiger partial charge >= 0.3 is 0 Å². The average molecular weight is 411 g/mol. The molecule has 0 amide bonds. The van der Waals surface area contributed by atoms with Crippen LogP contribution in [0.5, 0.6) is 0 Å². The minimum atomic E-state index is -3.37. The number of hydrogen-bond acceptors (Lipinski definition) is 5. The van der Waals surface area contributed by atoms with Gasteiger partial charge in [0, 0.05) is 38.3 Å². The van der Waals surface area contributed by atoms with E-state index >= 15 is 0 Å². The van der Waals surface area contributed by atoms with Crippen LogP contribution >= 0.6 is 11.8 Å². The molecule has 0 aliphatic rings. The Morgan fingerprint density at radius 1 is 1.00 bits per heavy atom. The van der Waals surface area contributed by atoms with Gasteiger partial charge in [0.05, 0.1) is 11.2 Å². The van der Waals surface area contributed by atoms with Gasteiger partial charge in [-0.3, -0.25) is 4.72 Å². The van der Waals surface area contributed by atoms with Crippen LogP contribution in [0.25, 0.3) is 10.9 Å². The van der Waals surface area contributed by atoms with Crippen LogP contribution in [-0.2, 0) is 19.9 Å². The van der Waals surface area contributed by atoms with Crippen molar-refractivity contribution in [2.24, 2.45) is 0 Å². The Morgan fingerprint density at radius 2 is 1.73 bits per heavy atom. The molecule has 3 aromatic rings. The minimum Gasteiger partial charge on any atom is -0.358 e. The molecule has 0 saturated carbocycles. The molecule has 0 atom stereocenters. The number of nitrogens with one attached hydrogen (secondary N) is 2. The number of aromatic amines is 1. The number of sulfonamides is 1. The number of rotatable bonds is 5. The van der Waals surface area contributed by atoms with Crippen LogP contribution in [0.1, 0.15) is 5.69 Å². The van der Waals surface area contributed by atoms with Crippen molar-refractivity contribution in [2.75, 3.05) is 17.2 Å². The van der Waals surface area contributed by atoms with Crippen molar-refractivity contribution >= 4 is 48.2 Å². The Bertz CT molecular complexity index is 1200. The molecule has 1 heterocycles. The maximum absolute atomic E-state index is 11.8. The van der Waals surface area contributed by atoms with Crippen LogP contribution < -0.4 is 4.72 Å². The van der Waals surface area contributed by atoms with Gasteiger partial charge in [0.1, 0.15) is 0 Å². The van der Waals surface area contributed by atoms with E-state index < -0.39 is 19.9 Å². The van der Waals surface area contributed by atoms with E-state index in [1.54, 1.807) is 30.3 Å². The first-order valence-electron chi connectivity index (χ1n) is 7.61. The second-order valence-corrected chi connectivity index (χ2v) is 10.9. The molecule has 2 N–H and O–H groups in total. The van der Waals surface area contributed by atoms with E-state index in [9.17, 15) is 16.8 Å². The number of aryl methyl sites for hydroxylation is 1. The fourth-order valence-corrected chi connectivity index (χ4v) is 4.94. The molecule has 6 nitrogen and oxygen atoms in total. The third-order valence-electron chi connectivity index (χ3n) is 3.68. The lowest BCUT2D eigenvalue weighted by Gasteiger charge is -2.06. The quantitative estimate of drug-likeness (QED) is 0.672. The Kier molecular flexibility index (Phi) is 4.80. The maximum atomic E-state index is 11.8. The number of H-pyrrole nitrogens is 1. The number of hydrogen-bond donors (Lipinski definition) is 2. The summed E-state index contributed by atoms with van der Waals surface area (Å²) in [5.41, 5.74) is 2.28. The van der Waals surface area contributed by atoms with Crippen molar-refractivity contribution < 1.29 is 16.8 Å². The van der Waals surface area contributed by atoms with E-state index in [0.29, 0.717) is 5.69 Å². The summed E-state index contributed by atoms with van der Waals surface area (Å²) < 4.78 is 48.9. The van der Waals surface area contributed by atoms with Gasteiger partial charge in [-0.25, -0.2) is 16.8 Å². The SMILES string of the molecule is Cc1[nH]c2ccc(NS(C)(=O)=O)cc2c1Sc1cccc(S(C)(=O)=O)c1. The highest BCUT2D eigenvalue weighted by Gasteiger charge is 2.14. The van der Waals surface area contributed by atoms with Gasteiger partial charge in [0.25, 0.3) is 0 Å². The normalized spacial score (nSPS) is 12.4. The van der Waals surface area contributed by atoms with Crippen molar-refractivity contribution in [3.05, 3.63) is 48.2 Å². The summed E-state index contributed by atoms with van der Waals surface area (Å²) in [6.07, 6.45) is 2.28. The van der Waals surface area contributed by atoms with Crippen LogP contribution in [0, 0.1) is 6.92 Å². The van der Waals surface area contributed by atoms with Crippen molar-refractivity contribution in [3.63, 3.8) is 0 Å². The molecule has 0 unspecified atom stereocenters. The number of anilines is 1. The molecular weight excluding hydrogens is 392 g/mol. The number of aromatic nitrogens is 1. The van der Waals surface area contributed by atoms with E-state index in [-0.39, 0.29) is 4.90 Å². The van der Waals surface area contributed by atoms with Crippen LogP contribution in [0.15, 0.2) is 57.2 Å². The second kappa shape index (κ2) is 6.64. The van der Waals surface area contributed by atoms with Gasteiger partial charge in [0.2, 0.25) is 10.0 Å². The highest BCUT2D eigenvalue weighted by molar-refractivity contribution is 7.99.